The Morgan fingerprint density at radius 1 is 1.08 bits per heavy atom. The van der Waals surface area contributed by atoms with Gasteiger partial charge < -0.3 is 9.88 Å². The van der Waals surface area contributed by atoms with Gasteiger partial charge in [0.05, 0.1) is 6.54 Å². The van der Waals surface area contributed by atoms with E-state index in [1.807, 2.05) is 6.20 Å². The molecule has 0 amide bonds. The summed E-state index contributed by atoms with van der Waals surface area (Å²) in [6.45, 7) is 9.67. The highest BCUT2D eigenvalue weighted by molar-refractivity contribution is 5.01. The van der Waals surface area contributed by atoms with E-state index in [9.17, 15) is 0 Å². The van der Waals surface area contributed by atoms with Crippen LogP contribution >= 0.6 is 0 Å². The Hall–Kier alpha value is -0.870. The van der Waals surface area contributed by atoms with E-state index >= 15 is 0 Å². The van der Waals surface area contributed by atoms with Crippen LogP contribution in [0.2, 0.25) is 0 Å². The average molecular weight is 331 g/mol. The molecule has 134 valence electrons. The zero-order valence-electron chi connectivity index (χ0n) is 15.4. The maximum Gasteiger partial charge on any atom is 0.120 e. The summed E-state index contributed by atoms with van der Waals surface area (Å²) in [5.74, 6) is 2.12. The molecule has 4 heteroatoms. The van der Waals surface area contributed by atoms with Gasteiger partial charge in [0, 0.05) is 31.5 Å². The number of aromatic nitrogens is 2. The molecule has 24 heavy (non-hydrogen) atoms. The monoisotopic (exact) mass is 330 g/mol. The van der Waals surface area contributed by atoms with Crippen LogP contribution in [0.4, 0.5) is 0 Å². The SMILES string of the molecule is Cc1cnc(CN2CC[C@]3(CCCN(CC4CCCCC4)C3)C2)[nH]1. The van der Waals surface area contributed by atoms with Crippen molar-refractivity contribution < 1.29 is 0 Å². The number of hydrogen-bond acceptors (Lipinski definition) is 3. The highest BCUT2D eigenvalue weighted by atomic mass is 15.2. The molecular formula is C20H34N4. The molecule has 1 aromatic rings. The molecule has 1 N–H and O–H groups in total. The Kier molecular flexibility index (Phi) is 4.95. The molecule has 0 aromatic carbocycles. The summed E-state index contributed by atoms with van der Waals surface area (Å²) in [7, 11) is 0. The average Bonchev–Trinajstić information content (AvgIpc) is 3.15. The summed E-state index contributed by atoms with van der Waals surface area (Å²) in [5.41, 5.74) is 1.74. The largest absolute Gasteiger partial charge is 0.345 e. The van der Waals surface area contributed by atoms with Crippen LogP contribution in [0.15, 0.2) is 6.20 Å². The number of nitrogens with one attached hydrogen (secondary N) is 1. The van der Waals surface area contributed by atoms with Crippen molar-refractivity contribution in [1.29, 1.82) is 0 Å². The maximum atomic E-state index is 4.50. The van der Waals surface area contributed by atoms with Crippen LogP contribution in [0.5, 0.6) is 0 Å². The topological polar surface area (TPSA) is 35.2 Å². The first-order chi connectivity index (χ1) is 11.7. The van der Waals surface area contributed by atoms with E-state index in [1.54, 1.807) is 0 Å². The van der Waals surface area contributed by atoms with Gasteiger partial charge in [0.2, 0.25) is 0 Å². The standard InChI is InChI=1S/C20H34N4/c1-17-12-21-19(22-17)14-24-11-9-20(16-24)8-5-10-23(15-20)13-18-6-3-2-4-7-18/h12,18H,2-11,13-16H2,1H3,(H,21,22)/t20-/m0/s1. The number of piperidine rings is 1. The molecule has 1 spiro atoms. The Morgan fingerprint density at radius 2 is 1.92 bits per heavy atom. The van der Waals surface area contributed by atoms with Gasteiger partial charge in [-0.1, -0.05) is 19.3 Å². The van der Waals surface area contributed by atoms with Crippen LogP contribution in [0.1, 0.15) is 62.9 Å². The molecule has 4 rings (SSSR count). The van der Waals surface area contributed by atoms with E-state index in [1.165, 1.54) is 89.8 Å². The molecule has 1 atom stereocenters. The predicted octanol–water partition coefficient (Wildman–Crippen LogP) is 3.59. The summed E-state index contributed by atoms with van der Waals surface area (Å²) in [5, 5.41) is 0. The summed E-state index contributed by atoms with van der Waals surface area (Å²) < 4.78 is 0. The number of nitrogens with zero attached hydrogens (tertiary/aromatic N) is 3. The lowest BCUT2D eigenvalue weighted by Gasteiger charge is -2.42. The van der Waals surface area contributed by atoms with Gasteiger partial charge in [0.1, 0.15) is 5.82 Å². The zero-order valence-corrected chi connectivity index (χ0v) is 15.4. The third-order valence-electron chi connectivity index (χ3n) is 6.63. The second-order valence-electron chi connectivity index (χ2n) is 8.82. The molecule has 0 radical (unpaired) electrons. The molecule has 1 aliphatic carbocycles. The van der Waals surface area contributed by atoms with Crippen molar-refractivity contribution in [2.75, 3.05) is 32.7 Å². The lowest BCUT2D eigenvalue weighted by molar-refractivity contribution is 0.0735. The second-order valence-corrected chi connectivity index (χ2v) is 8.82. The molecule has 2 saturated heterocycles. The molecule has 0 bridgehead atoms. The van der Waals surface area contributed by atoms with Crippen molar-refractivity contribution in [3.8, 4) is 0 Å². The fraction of sp³-hybridized carbons (Fsp3) is 0.850. The van der Waals surface area contributed by atoms with Crippen molar-refractivity contribution in [3.05, 3.63) is 17.7 Å². The first-order valence-electron chi connectivity index (χ1n) is 10.2. The van der Waals surface area contributed by atoms with Crippen LogP contribution in [-0.4, -0.2) is 52.5 Å². The second kappa shape index (κ2) is 7.17. The number of likely N-dealkylation sites (tertiary alicyclic amines) is 2. The number of aryl methyl sites for hydroxylation is 1. The van der Waals surface area contributed by atoms with Crippen LogP contribution < -0.4 is 0 Å². The minimum absolute atomic E-state index is 0.564. The van der Waals surface area contributed by atoms with Gasteiger partial charge in [-0.3, -0.25) is 4.90 Å². The molecular weight excluding hydrogens is 296 g/mol. The van der Waals surface area contributed by atoms with Crippen molar-refractivity contribution in [3.63, 3.8) is 0 Å². The van der Waals surface area contributed by atoms with Gasteiger partial charge in [-0.2, -0.15) is 0 Å². The van der Waals surface area contributed by atoms with Gasteiger partial charge >= 0.3 is 0 Å². The van der Waals surface area contributed by atoms with Gasteiger partial charge in [0.15, 0.2) is 0 Å². The van der Waals surface area contributed by atoms with Crippen molar-refractivity contribution in [1.82, 2.24) is 19.8 Å². The highest BCUT2D eigenvalue weighted by Crippen LogP contribution is 2.40. The van der Waals surface area contributed by atoms with Crippen molar-refractivity contribution in [2.45, 2.75) is 64.8 Å². The van der Waals surface area contributed by atoms with Crippen LogP contribution in [-0.2, 0) is 6.54 Å². The van der Waals surface area contributed by atoms with Crippen molar-refractivity contribution >= 4 is 0 Å². The molecule has 1 saturated carbocycles. The molecule has 1 aromatic heterocycles. The fourth-order valence-electron chi connectivity index (χ4n) is 5.46. The van der Waals surface area contributed by atoms with Crippen molar-refractivity contribution in [2.24, 2.45) is 11.3 Å². The molecule has 3 fully saturated rings. The molecule has 3 aliphatic rings. The number of imidazole rings is 1. The summed E-state index contributed by atoms with van der Waals surface area (Å²) in [6, 6.07) is 0. The Morgan fingerprint density at radius 3 is 2.71 bits per heavy atom. The number of H-pyrrole nitrogens is 1. The number of hydrogen-bond donors (Lipinski definition) is 1. The van der Waals surface area contributed by atoms with Crippen LogP contribution in [0.3, 0.4) is 0 Å². The van der Waals surface area contributed by atoms with E-state index in [0.29, 0.717) is 5.41 Å². The van der Waals surface area contributed by atoms with E-state index in [0.717, 1.165) is 18.3 Å². The van der Waals surface area contributed by atoms with Gasteiger partial charge in [0.25, 0.3) is 0 Å². The maximum absolute atomic E-state index is 4.50. The smallest absolute Gasteiger partial charge is 0.120 e. The summed E-state index contributed by atoms with van der Waals surface area (Å²) in [4.78, 5) is 13.3. The van der Waals surface area contributed by atoms with E-state index in [-0.39, 0.29) is 0 Å². The van der Waals surface area contributed by atoms with Crippen LogP contribution in [0.25, 0.3) is 0 Å². The summed E-state index contributed by atoms with van der Waals surface area (Å²) >= 11 is 0. The molecule has 2 aliphatic heterocycles. The first-order valence-corrected chi connectivity index (χ1v) is 10.2. The Labute approximate surface area is 147 Å². The lowest BCUT2D eigenvalue weighted by Crippen LogP contribution is -2.46. The highest BCUT2D eigenvalue weighted by Gasteiger charge is 2.41. The summed E-state index contributed by atoms with van der Waals surface area (Å²) in [6.07, 6.45) is 13.5. The zero-order chi connectivity index (χ0) is 16.4. The molecule has 3 heterocycles. The normalized spacial score (nSPS) is 30.4. The molecule has 0 unspecified atom stereocenters. The Bertz CT molecular complexity index is 533. The van der Waals surface area contributed by atoms with Gasteiger partial charge in [-0.15, -0.1) is 0 Å². The third kappa shape index (κ3) is 3.85. The van der Waals surface area contributed by atoms with E-state index < -0.39 is 0 Å². The minimum Gasteiger partial charge on any atom is -0.345 e. The third-order valence-corrected chi connectivity index (χ3v) is 6.63. The van der Waals surface area contributed by atoms with E-state index in [4.69, 9.17) is 0 Å². The minimum atomic E-state index is 0.564. The fourth-order valence-corrected chi connectivity index (χ4v) is 5.46. The van der Waals surface area contributed by atoms with Gasteiger partial charge in [-0.05, 0) is 63.5 Å². The van der Waals surface area contributed by atoms with E-state index in [2.05, 4.69) is 26.7 Å². The lowest BCUT2D eigenvalue weighted by atomic mass is 9.78. The van der Waals surface area contributed by atoms with Crippen LogP contribution in [0, 0.1) is 18.3 Å². The van der Waals surface area contributed by atoms with Gasteiger partial charge in [-0.25, -0.2) is 4.98 Å². The number of rotatable bonds is 4. The Balaban J connectivity index is 1.31. The quantitative estimate of drug-likeness (QED) is 0.916. The number of aromatic amines is 1. The predicted molar refractivity (Wildman–Crippen MR) is 97.9 cm³/mol. The molecule has 4 nitrogen and oxygen atoms in total. The first kappa shape index (κ1) is 16.6.